The van der Waals surface area contributed by atoms with Crippen LogP contribution in [0, 0.1) is 23.7 Å². The predicted molar refractivity (Wildman–Crippen MR) is 70.1 cm³/mol. The number of imide groups is 1. The molecule has 0 unspecified atom stereocenters. The molecule has 2 bridgehead atoms. The first-order valence-corrected chi connectivity index (χ1v) is 7.51. The molecule has 0 aromatic carbocycles. The molecule has 1 saturated carbocycles. The van der Waals surface area contributed by atoms with Gasteiger partial charge in [0.05, 0.1) is 11.8 Å². The van der Waals surface area contributed by atoms with E-state index in [1.54, 1.807) is 4.90 Å². The quantitative estimate of drug-likeness (QED) is 0.559. The van der Waals surface area contributed by atoms with Crippen molar-refractivity contribution in [3.8, 4) is 0 Å². The molecule has 4 aliphatic rings. The Morgan fingerprint density at radius 1 is 0.947 bits per heavy atom. The number of rotatable bonds is 3. The zero-order valence-electron chi connectivity index (χ0n) is 11.1. The summed E-state index contributed by atoms with van der Waals surface area (Å²) < 4.78 is 0. The molecular formula is C15H20N2O2. The number of carbonyl (C=O) groups is 2. The number of carbonyl (C=O) groups excluding carboxylic acids is 2. The Morgan fingerprint density at radius 2 is 1.53 bits per heavy atom. The molecule has 102 valence electrons. The molecule has 2 aliphatic heterocycles. The molecule has 2 aliphatic carbocycles. The zero-order valence-corrected chi connectivity index (χ0v) is 11.1. The fourth-order valence-electron chi connectivity index (χ4n) is 4.43. The highest BCUT2D eigenvalue weighted by Crippen LogP contribution is 2.52. The second-order valence-electron chi connectivity index (χ2n) is 6.38. The van der Waals surface area contributed by atoms with Gasteiger partial charge in [-0.2, -0.15) is 0 Å². The number of hydrogen-bond donors (Lipinski definition) is 0. The number of hydrogen-bond acceptors (Lipinski definition) is 3. The van der Waals surface area contributed by atoms with E-state index in [1.807, 2.05) is 0 Å². The largest absolute Gasteiger partial charge is 0.302 e. The van der Waals surface area contributed by atoms with Gasteiger partial charge in [-0.25, -0.2) is 0 Å². The number of amides is 2. The van der Waals surface area contributed by atoms with Crippen molar-refractivity contribution in [2.45, 2.75) is 19.3 Å². The van der Waals surface area contributed by atoms with Crippen LogP contribution in [0.2, 0.25) is 0 Å². The van der Waals surface area contributed by atoms with Crippen molar-refractivity contribution >= 4 is 11.8 Å². The van der Waals surface area contributed by atoms with Crippen LogP contribution >= 0.6 is 0 Å². The van der Waals surface area contributed by atoms with Crippen LogP contribution in [0.25, 0.3) is 0 Å². The third-order valence-electron chi connectivity index (χ3n) is 5.40. The molecule has 0 aromatic rings. The molecule has 4 heteroatoms. The molecule has 19 heavy (non-hydrogen) atoms. The van der Waals surface area contributed by atoms with Gasteiger partial charge in [-0.1, -0.05) is 12.2 Å². The van der Waals surface area contributed by atoms with E-state index >= 15 is 0 Å². The molecule has 0 N–H and O–H groups in total. The Bertz CT molecular complexity index is 423. The second kappa shape index (κ2) is 4.17. The van der Waals surface area contributed by atoms with Crippen LogP contribution in [0.1, 0.15) is 19.3 Å². The van der Waals surface area contributed by atoms with Crippen LogP contribution in [0.5, 0.6) is 0 Å². The Labute approximate surface area is 113 Å². The number of fused-ring (bicyclic) bond motifs is 5. The molecule has 2 saturated heterocycles. The summed E-state index contributed by atoms with van der Waals surface area (Å²) in [5.41, 5.74) is 0. The number of allylic oxidation sites excluding steroid dienone is 2. The molecule has 2 heterocycles. The van der Waals surface area contributed by atoms with E-state index in [0.29, 0.717) is 18.4 Å². The monoisotopic (exact) mass is 260 g/mol. The highest BCUT2D eigenvalue weighted by atomic mass is 16.2. The number of likely N-dealkylation sites (tertiary alicyclic amines) is 2. The normalized spacial score (nSPS) is 40.7. The Hall–Kier alpha value is -1.16. The molecule has 4 rings (SSSR count). The van der Waals surface area contributed by atoms with Gasteiger partial charge < -0.3 is 4.90 Å². The maximum atomic E-state index is 12.4. The van der Waals surface area contributed by atoms with Crippen LogP contribution in [0.4, 0.5) is 0 Å². The minimum absolute atomic E-state index is 0.0268. The van der Waals surface area contributed by atoms with Crippen LogP contribution in [0.3, 0.4) is 0 Å². The second-order valence-corrected chi connectivity index (χ2v) is 6.38. The van der Waals surface area contributed by atoms with E-state index in [0.717, 1.165) is 26.1 Å². The average Bonchev–Trinajstić information content (AvgIpc) is 3.14. The maximum Gasteiger partial charge on any atom is 0.233 e. The first kappa shape index (κ1) is 11.6. The molecule has 0 spiro atoms. The summed E-state index contributed by atoms with van der Waals surface area (Å²) in [7, 11) is 0. The lowest BCUT2D eigenvalue weighted by Crippen LogP contribution is -2.39. The summed E-state index contributed by atoms with van der Waals surface area (Å²) in [5.74, 6) is 0.825. The van der Waals surface area contributed by atoms with Crippen molar-refractivity contribution in [3.05, 3.63) is 12.2 Å². The fraction of sp³-hybridized carbons (Fsp3) is 0.733. The van der Waals surface area contributed by atoms with Crippen molar-refractivity contribution < 1.29 is 9.59 Å². The minimum Gasteiger partial charge on any atom is -0.302 e. The van der Waals surface area contributed by atoms with Crippen molar-refractivity contribution in [3.63, 3.8) is 0 Å². The van der Waals surface area contributed by atoms with Crippen molar-refractivity contribution in [1.82, 2.24) is 9.80 Å². The molecule has 0 aromatic heterocycles. The first-order chi connectivity index (χ1) is 9.25. The molecule has 4 nitrogen and oxygen atoms in total. The van der Waals surface area contributed by atoms with Gasteiger partial charge in [-0.05, 0) is 44.2 Å². The van der Waals surface area contributed by atoms with E-state index in [2.05, 4.69) is 17.1 Å². The third kappa shape index (κ3) is 1.62. The Balaban J connectivity index is 1.46. The van der Waals surface area contributed by atoms with Gasteiger partial charge in [0.15, 0.2) is 0 Å². The Morgan fingerprint density at radius 3 is 2.11 bits per heavy atom. The summed E-state index contributed by atoms with van der Waals surface area (Å²) in [6.07, 6.45) is 7.83. The van der Waals surface area contributed by atoms with Crippen LogP contribution in [-0.2, 0) is 9.59 Å². The predicted octanol–water partition coefficient (Wildman–Crippen LogP) is 0.889. The van der Waals surface area contributed by atoms with Gasteiger partial charge in [0.2, 0.25) is 11.8 Å². The van der Waals surface area contributed by atoms with Gasteiger partial charge in [-0.15, -0.1) is 0 Å². The van der Waals surface area contributed by atoms with Crippen molar-refractivity contribution in [2.24, 2.45) is 23.7 Å². The summed E-state index contributed by atoms with van der Waals surface area (Å²) >= 11 is 0. The number of nitrogens with zero attached hydrogens (tertiary/aromatic N) is 2. The Kier molecular flexibility index (Phi) is 2.56. The lowest BCUT2D eigenvalue weighted by atomic mass is 9.85. The lowest BCUT2D eigenvalue weighted by Gasteiger charge is -2.21. The van der Waals surface area contributed by atoms with E-state index in [9.17, 15) is 9.59 Å². The minimum atomic E-state index is -0.0268. The molecule has 2 amide bonds. The SMILES string of the molecule is O=C1[C@@H]2[C@@H](C(=O)N1CCN1CCCC1)[C@H]1C=C[C@@H]2C1. The van der Waals surface area contributed by atoms with Crippen LogP contribution in [0.15, 0.2) is 12.2 Å². The third-order valence-corrected chi connectivity index (χ3v) is 5.40. The van der Waals surface area contributed by atoms with E-state index in [1.165, 1.54) is 12.8 Å². The zero-order chi connectivity index (χ0) is 13.0. The average molecular weight is 260 g/mol. The van der Waals surface area contributed by atoms with Gasteiger partial charge in [0.1, 0.15) is 0 Å². The highest BCUT2D eigenvalue weighted by molar-refractivity contribution is 6.06. The molecule has 4 atom stereocenters. The molecule has 0 radical (unpaired) electrons. The summed E-state index contributed by atoms with van der Waals surface area (Å²) in [5, 5.41) is 0. The summed E-state index contributed by atoms with van der Waals surface area (Å²) in [6, 6.07) is 0. The maximum absolute atomic E-state index is 12.4. The topological polar surface area (TPSA) is 40.6 Å². The summed E-state index contributed by atoms with van der Waals surface area (Å²) in [4.78, 5) is 28.8. The van der Waals surface area contributed by atoms with Gasteiger partial charge >= 0.3 is 0 Å². The first-order valence-electron chi connectivity index (χ1n) is 7.51. The van der Waals surface area contributed by atoms with Crippen LogP contribution in [-0.4, -0.2) is 47.8 Å². The summed E-state index contributed by atoms with van der Waals surface area (Å²) in [6.45, 7) is 3.70. The van der Waals surface area contributed by atoms with Gasteiger partial charge in [0, 0.05) is 13.1 Å². The van der Waals surface area contributed by atoms with Crippen molar-refractivity contribution in [2.75, 3.05) is 26.2 Å². The van der Waals surface area contributed by atoms with Crippen LogP contribution < -0.4 is 0 Å². The van der Waals surface area contributed by atoms with Crippen molar-refractivity contribution in [1.29, 1.82) is 0 Å². The smallest absolute Gasteiger partial charge is 0.233 e. The van der Waals surface area contributed by atoms with Gasteiger partial charge in [0.25, 0.3) is 0 Å². The fourth-order valence-corrected chi connectivity index (χ4v) is 4.43. The van der Waals surface area contributed by atoms with Gasteiger partial charge in [-0.3, -0.25) is 14.5 Å². The molecule has 3 fully saturated rings. The molecular weight excluding hydrogens is 240 g/mol. The van der Waals surface area contributed by atoms with E-state index < -0.39 is 0 Å². The highest BCUT2D eigenvalue weighted by Gasteiger charge is 2.58. The standard InChI is InChI=1S/C15H20N2O2/c18-14-12-10-3-4-11(9-10)13(12)15(19)17(14)8-7-16-5-1-2-6-16/h3-4,10-13H,1-2,5-9H2/t10-,11+,12-,13-/m0/s1. The lowest BCUT2D eigenvalue weighted by molar-refractivity contribution is -0.140. The van der Waals surface area contributed by atoms with E-state index in [-0.39, 0.29) is 23.7 Å². The van der Waals surface area contributed by atoms with E-state index in [4.69, 9.17) is 0 Å².